The molecule has 0 spiro atoms. The Hall–Kier alpha value is -2.62. The van der Waals surface area contributed by atoms with Gasteiger partial charge in [0.15, 0.2) is 5.78 Å². The molecule has 0 saturated heterocycles. The lowest BCUT2D eigenvalue weighted by molar-refractivity contribution is -0.137. The van der Waals surface area contributed by atoms with Crippen molar-refractivity contribution in [3.63, 3.8) is 0 Å². The minimum atomic E-state index is -0.718. The summed E-state index contributed by atoms with van der Waals surface area (Å²) < 4.78 is 4.59. The van der Waals surface area contributed by atoms with Gasteiger partial charge in [-0.1, -0.05) is 30.3 Å². The fraction of sp³-hybridized carbons (Fsp3) is 0.125. The van der Waals surface area contributed by atoms with E-state index in [1.54, 1.807) is 6.07 Å². The molecule has 4 heteroatoms. The van der Waals surface area contributed by atoms with Crippen molar-refractivity contribution in [2.75, 3.05) is 7.11 Å². The first-order chi connectivity index (χ1) is 9.54. The zero-order chi connectivity index (χ0) is 14.7. The van der Waals surface area contributed by atoms with Crippen molar-refractivity contribution in [1.29, 1.82) is 0 Å². The summed E-state index contributed by atoms with van der Waals surface area (Å²) in [6.07, 6.45) is 1.37. The van der Waals surface area contributed by atoms with Crippen molar-refractivity contribution < 1.29 is 19.4 Å². The van der Waals surface area contributed by atoms with Crippen molar-refractivity contribution in [1.82, 2.24) is 0 Å². The quantitative estimate of drug-likeness (QED) is 0.403. The topological polar surface area (TPSA) is 63.6 Å². The van der Waals surface area contributed by atoms with Gasteiger partial charge in [0.25, 0.3) is 0 Å². The summed E-state index contributed by atoms with van der Waals surface area (Å²) in [5, 5.41) is 11.7. The van der Waals surface area contributed by atoms with E-state index in [0.717, 1.165) is 10.8 Å². The Morgan fingerprint density at radius 3 is 2.50 bits per heavy atom. The van der Waals surface area contributed by atoms with E-state index in [1.807, 2.05) is 24.3 Å². The molecule has 0 aromatic heterocycles. The number of Topliss-reactive ketones (excluding diaryl/α,β-unsaturated/α-hetero) is 1. The summed E-state index contributed by atoms with van der Waals surface area (Å²) in [4.78, 5) is 23.2. The van der Waals surface area contributed by atoms with Gasteiger partial charge in [0.1, 0.15) is 11.3 Å². The number of methoxy groups -OCH3 is 1. The van der Waals surface area contributed by atoms with Crippen LogP contribution < -0.4 is 0 Å². The average Bonchev–Trinajstić information content (AvgIpc) is 2.45. The SMILES string of the molecule is COC(=O)/C(=C\c1c(O)ccc2ccccc12)C(C)=O. The van der Waals surface area contributed by atoms with E-state index in [2.05, 4.69) is 4.74 Å². The lowest BCUT2D eigenvalue weighted by Gasteiger charge is -2.07. The van der Waals surface area contributed by atoms with E-state index in [1.165, 1.54) is 26.2 Å². The molecule has 2 rings (SSSR count). The number of hydrogen-bond acceptors (Lipinski definition) is 4. The minimum Gasteiger partial charge on any atom is -0.507 e. The summed E-state index contributed by atoms with van der Waals surface area (Å²) >= 11 is 0. The van der Waals surface area contributed by atoms with E-state index in [4.69, 9.17) is 0 Å². The van der Waals surface area contributed by atoms with E-state index in [-0.39, 0.29) is 11.3 Å². The van der Waals surface area contributed by atoms with Crippen molar-refractivity contribution in [2.24, 2.45) is 0 Å². The van der Waals surface area contributed by atoms with Crippen molar-refractivity contribution in [3.05, 3.63) is 47.5 Å². The third-order valence-electron chi connectivity index (χ3n) is 3.02. The summed E-state index contributed by atoms with van der Waals surface area (Å²) in [7, 11) is 1.21. The Balaban J connectivity index is 2.70. The molecule has 0 aliphatic carbocycles. The number of carbonyl (C=O) groups excluding carboxylic acids is 2. The van der Waals surface area contributed by atoms with Gasteiger partial charge in [0.2, 0.25) is 0 Å². The highest BCUT2D eigenvalue weighted by Gasteiger charge is 2.16. The van der Waals surface area contributed by atoms with Crippen LogP contribution >= 0.6 is 0 Å². The van der Waals surface area contributed by atoms with Crippen LogP contribution in [0.2, 0.25) is 0 Å². The molecule has 0 radical (unpaired) electrons. The molecule has 0 unspecified atom stereocenters. The Labute approximate surface area is 116 Å². The van der Waals surface area contributed by atoms with Gasteiger partial charge in [-0.05, 0) is 29.8 Å². The van der Waals surface area contributed by atoms with Crippen molar-refractivity contribution in [3.8, 4) is 5.75 Å². The number of fused-ring (bicyclic) bond motifs is 1. The van der Waals surface area contributed by atoms with Crippen LogP contribution in [0.15, 0.2) is 42.0 Å². The second-order valence-corrected chi connectivity index (χ2v) is 4.33. The van der Waals surface area contributed by atoms with Crippen LogP contribution in [-0.2, 0) is 14.3 Å². The fourth-order valence-electron chi connectivity index (χ4n) is 1.99. The number of ether oxygens (including phenoxy) is 1. The number of phenols is 1. The summed E-state index contributed by atoms with van der Waals surface area (Å²) in [5.41, 5.74) is 0.331. The van der Waals surface area contributed by atoms with Crippen LogP contribution in [-0.4, -0.2) is 24.0 Å². The first-order valence-corrected chi connectivity index (χ1v) is 6.06. The molecule has 1 N–H and O–H groups in total. The molecule has 0 saturated carbocycles. The molecule has 0 amide bonds. The number of aromatic hydroxyl groups is 1. The van der Waals surface area contributed by atoms with E-state index < -0.39 is 11.8 Å². The second-order valence-electron chi connectivity index (χ2n) is 4.33. The maximum Gasteiger partial charge on any atom is 0.341 e. The second kappa shape index (κ2) is 5.57. The average molecular weight is 270 g/mol. The molecule has 4 nitrogen and oxygen atoms in total. The largest absolute Gasteiger partial charge is 0.507 e. The van der Waals surface area contributed by atoms with E-state index in [0.29, 0.717) is 5.56 Å². The summed E-state index contributed by atoms with van der Waals surface area (Å²) in [5.74, 6) is -1.12. The summed E-state index contributed by atoms with van der Waals surface area (Å²) in [6.45, 7) is 1.28. The smallest absolute Gasteiger partial charge is 0.341 e. The van der Waals surface area contributed by atoms with Crippen LogP contribution in [0.4, 0.5) is 0 Å². The molecule has 0 atom stereocenters. The van der Waals surface area contributed by atoms with Crippen LogP contribution in [0, 0.1) is 0 Å². The number of hydrogen-bond donors (Lipinski definition) is 1. The Bertz CT molecular complexity index is 713. The maximum atomic E-state index is 11.6. The van der Waals surface area contributed by atoms with Gasteiger partial charge < -0.3 is 9.84 Å². The zero-order valence-corrected chi connectivity index (χ0v) is 11.2. The summed E-state index contributed by atoms with van der Waals surface area (Å²) in [6, 6.07) is 10.7. The predicted octanol–water partition coefficient (Wildman–Crippen LogP) is 2.69. The fourth-order valence-corrected chi connectivity index (χ4v) is 1.99. The lowest BCUT2D eigenvalue weighted by atomic mass is 10.00. The van der Waals surface area contributed by atoms with Gasteiger partial charge in [0.05, 0.1) is 7.11 Å². The highest BCUT2D eigenvalue weighted by molar-refractivity contribution is 6.20. The molecule has 2 aromatic carbocycles. The number of carbonyl (C=O) groups is 2. The molecule has 0 aliphatic rings. The third kappa shape index (κ3) is 2.54. The van der Waals surface area contributed by atoms with E-state index >= 15 is 0 Å². The third-order valence-corrected chi connectivity index (χ3v) is 3.02. The highest BCUT2D eigenvalue weighted by Crippen LogP contribution is 2.29. The molecule has 20 heavy (non-hydrogen) atoms. The Morgan fingerprint density at radius 2 is 1.85 bits per heavy atom. The number of esters is 1. The number of ketones is 1. The van der Waals surface area contributed by atoms with Gasteiger partial charge >= 0.3 is 5.97 Å². The van der Waals surface area contributed by atoms with Crippen molar-refractivity contribution in [2.45, 2.75) is 6.92 Å². The number of benzene rings is 2. The maximum absolute atomic E-state index is 11.6. The molecule has 102 valence electrons. The van der Waals surface area contributed by atoms with Crippen LogP contribution in [0.25, 0.3) is 16.8 Å². The molecular formula is C16H14O4. The lowest BCUT2D eigenvalue weighted by Crippen LogP contribution is -2.11. The monoisotopic (exact) mass is 270 g/mol. The molecule has 0 aliphatic heterocycles. The Morgan fingerprint density at radius 1 is 1.15 bits per heavy atom. The van der Waals surface area contributed by atoms with Gasteiger partial charge in [-0.3, -0.25) is 4.79 Å². The van der Waals surface area contributed by atoms with Crippen LogP contribution in [0.5, 0.6) is 5.75 Å². The number of rotatable bonds is 3. The van der Waals surface area contributed by atoms with E-state index in [9.17, 15) is 14.7 Å². The highest BCUT2D eigenvalue weighted by atomic mass is 16.5. The van der Waals surface area contributed by atoms with Crippen LogP contribution in [0.3, 0.4) is 0 Å². The number of phenolic OH excluding ortho intramolecular Hbond substituents is 1. The minimum absolute atomic E-state index is 0.00588. The van der Waals surface area contributed by atoms with Gasteiger partial charge in [-0.2, -0.15) is 0 Å². The van der Waals surface area contributed by atoms with Gasteiger partial charge in [0, 0.05) is 5.56 Å². The molecule has 0 heterocycles. The zero-order valence-electron chi connectivity index (χ0n) is 11.2. The molecule has 0 fully saturated rings. The normalized spacial score (nSPS) is 11.4. The first kappa shape index (κ1) is 13.8. The Kier molecular flexibility index (Phi) is 3.84. The van der Waals surface area contributed by atoms with Crippen LogP contribution in [0.1, 0.15) is 12.5 Å². The predicted molar refractivity (Wildman–Crippen MR) is 76.3 cm³/mol. The van der Waals surface area contributed by atoms with Gasteiger partial charge in [-0.15, -0.1) is 0 Å². The molecule has 2 aromatic rings. The van der Waals surface area contributed by atoms with Crippen molar-refractivity contribution >= 4 is 28.6 Å². The molecule has 0 bridgehead atoms. The first-order valence-electron chi connectivity index (χ1n) is 6.06. The van der Waals surface area contributed by atoms with Gasteiger partial charge in [-0.25, -0.2) is 4.79 Å². The standard InChI is InChI=1S/C16H14O4/c1-10(17)13(16(19)20-2)9-14-12-6-4-3-5-11(12)7-8-15(14)18/h3-9,18H,1-2H3/b13-9-. The molecular weight excluding hydrogens is 256 g/mol.